The van der Waals surface area contributed by atoms with Gasteiger partial charge in [0, 0.05) is 36.5 Å². The van der Waals surface area contributed by atoms with Crippen LogP contribution in [0.15, 0.2) is 24.3 Å². The highest BCUT2D eigenvalue weighted by Gasteiger charge is 2.37. The molecule has 0 amide bonds. The van der Waals surface area contributed by atoms with Gasteiger partial charge in [-0.3, -0.25) is 4.98 Å². The maximum Gasteiger partial charge on any atom is 0.416 e. The molecule has 1 aromatic carbocycles. The van der Waals surface area contributed by atoms with Gasteiger partial charge in [0.2, 0.25) is 0 Å². The smallest absolute Gasteiger partial charge is 0.388 e. The van der Waals surface area contributed by atoms with E-state index in [4.69, 9.17) is 9.72 Å². The predicted octanol–water partition coefficient (Wildman–Crippen LogP) is 9.01. The molecular formula is C33H52F3NO3S. The van der Waals surface area contributed by atoms with Crippen molar-refractivity contribution in [3.8, 4) is 0 Å². The number of pyridine rings is 1. The molecule has 0 spiro atoms. The number of rotatable bonds is 7. The zero-order chi connectivity index (χ0) is 31.8. The second-order valence-electron chi connectivity index (χ2n) is 12.8. The summed E-state index contributed by atoms with van der Waals surface area (Å²) in [5.41, 5.74) is 3.69. The number of halogens is 3. The lowest BCUT2D eigenvalue weighted by molar-refractivity contribution is -0.137. The normalized spacial score (nSPS) is 17.8. The molecule has 4 nitrogen and oxygen atoms in total. The van der Waals surface area contributed by atoms with Crippen LogP contribution in [-0.2, 0) is 17.3 Å². The van der Waals surface area contributed by atoms with E-state index in [9.17, 15) is 23.4 Å². The van der Waals surface area contributed by atoms with E-state index < -0.39 is 23.9 Å². The van der Waals surface area contributed by atoms with Gasteiger partial charge in [0.05, 0.1) is 17.4 Å². The summed E-state index contributed by atoms with van der Waals surface area (Å²) < 4.78 is 44.4. The molecule has 41 heavy (non-hydrogen) atoms. The molecule has 1 aliphatic rings. The molecule has 0 aliphatic heterocycles. The Balaban J connectivity index is 0.000000931. The number of benzene rings is 1. The molecule has 0 radical (unpaired) electrons. The summed E-state index contributed by atoms with van der Waals surface area (Å²) in [4.78, 5) is 4.99. The Hall–Kier alpha value is -1.61. The Morgan fingerprint density at radius 3 is 2.07 bits per heavy atom. The number of aromatic nitrogens is 1. The van der Waals surface area contributed by atoms with Crippen LogP contribution in [0.25, 0.3) is 0 Å². The fourth-order valence-electron chi connectivity index (χ4n) is 5.02. The Morgan fingerprint density at radius 2 is 1.63 bits per heavy atom. The first-order chi connectivity index (χ1) is 19.0. The van der Waals surface area contributed by atoms with Gasteiger partial charge < -0.3 is 14.9 Å². The lowest BCUT2D eigenvalue weighted by Crippen LogP contribution is -2.29. The van der Waals surface area contributed by atoms with Crippen LogP contribution in [-0.4, -0.2) is 35.2 Å². The number of aliphatic hydroxyl groups excluding tert-OH is 2. The van der Waals surface area contributed by atoms with E-state index in [2.05, 4.69) is 54.2 Å². The van der Waals surface area contributed by atoms with Crippen molar-refractivity contribution in [2.24, 2.45) is 10.8 Å². The number of nitrogens with zero attached hydrogens (tertiary/aromatic N) is 1. The van der Waals surface area contributed by atoms with Crippen molar-refractivity contribution in [3.63, 3.8) is 0 Å². The molecule has 8 heteroatoms. The molecule has 0 bridgehead atoms. The molecule has 0 saturated heterocycles. The minimum Gasteiger partial charge on any atom is -0.388 e. The lowest BCUT2D eigenvalue weighted by Gasteiger charge is -2.37. The Kier molecular flexibility index (Phi) is 14.4. The molecule has 3 rings (SSSR count). The van der Waals surface area contributed by atoms with Gasteiger partial charge >= 0.3 is 6.18 Å². The van der Waals surface area contributed by atoms with Crippen LogP contribution in [0.2, 0.25) is 0 Å². The fourth-order valence-corrected chi connectivity index (χ4v) is 5.02. The summed E-state index contributed by atoms with van der Waals surface area (Å²) in [7, 11) is 1.63. The molecule has 234 valence electrons. The van der Waals surface area contributed by atoms with Crippen LogP contribution in [0.5, 0.6) is 0 Å². The standard InChI is InChI=1S/C26H34F3NO3.C6H14.CH4S/c1-6-16(11-12-33-5)23-22(24(32)17-7-9-18(10-8-17)26(27,28)29)15(2)21-19(30-23)13-25(3,4)14-20(21)31;1-5-6(2,3)4;1-2/h7-10,16,20,24,31-32H,6,11-14H2,1-5H3;5H2,1-4H3;2H,1H3. The van der Waals surface area contributed by atoms with Crippen LogP contribution in [0, 0.1) is 17.8 Å². The first-order valence-electron chi connectivity index (χ1n) is 14.5. The summed E-state index contributed by atoms with van der Waals surface area (Å²) in [5, 5.41) is 22.3. The summed E-state index contributed by atoms with van der Waals surface area (Å²) in [6, 6.07) is 4.59. The minimum atomic E-state index is -4.44. The maximum absolute atomic E-state index is 13.0. The quantitative estimate of drug-likeness (QED) is 0.278. The number of ether oxygens (including phenoxy) is 1. The monoisotopic (exact) mass is 599 g/mol. The lowest BCUT2D eigenvalue weighted by atomic mass is 9.72. The third-order valence-corrected chi connectivity index (χ3v) is 7.81. The summed E-state index contributed by atoms with van der Waals surface area (Å²) in [6.45, 7) is 17.6. The van der Waals surface area contributed by atoms with Crippen molar-refractivity contribution in [1.82, 2.24) is 4.98 Å². The van der Waals surface area contributed by atoms with Gasteiger partial charge in [-0.05, 0) is 73.0 Å². The Bertz CT molecular complexity index is 1080. The average Bonchev–Trinajstić information content (AvgIpc) is 2.88. The average molecular weight is 600 g/mol. The third-order valence-electron chi connectivity index (χ3n) is 7.81. The van der Waals surface area contributed by atoms with Gasteiger partial charge in [0.25, 0.3) is 0 Å². The van der Waals surface area contributed by atoms with Crippen molar-refractivity contribution in [3.05, 3.63) is 63.5 Å². The Morgan fingerprint density at radius 1 is 1.10 bits per heavy atom. The summed E-state index contributed by atoms with van der Waals surface area (Å²) >= 11 is 3.53. The molecule has 1 aromatic heterocycles. The molecule has 3 unspecified atom stereocenters. The number of methoxy groups -OCH3 is 1. The van der Waals surface area contributed by atoms with Crippen molar-refractivity contribution in [2.75, 3.05) is 20.0 Å². The van der Waals surface area contributed by atoms with E-state index in [-0.39, 0.29) is 11.3 Å². The topological polar surface area (TPSA) is 62.6 Å². The van der Waals surface area contributed by atoms with Gasteiger partial charge in [-0.2, -0.15) is 25.8 Å². The van der Waals surface area contributed by atoms with Gasteiger partial charge in [0.1, 0.15) is 6.10 Å². The molecule has 3 atom stereocenters. The van der Waals surface area contributed by atoms with Gasteiger partial charge in [0.15, 0.2) is 0 Å². The van der Waals surface area contributed by atoms with E-state index in [0.717, 1.165) is 41.1 Å². The van der Waals surface area contributed by atoms with Crippen molar-refractivity contribution >= 4 is 12.6 Å². The highest BCUT2D eigenvalue weighted by atomic mass is 32.1. The van der Waals surface area contributed by atoms with Crippen molar-refractivity contribution in [2.45, 2.75) is 112 Å². The second kappa shape index (κ2) is 15.7. The molecule has 2 aromatic rings. The summed E-state index contributed by atoms with van der Waals surface area (Å²) in [5.74, 6) is 0.00947. The maximum atomic E-state index is 13.0. The first kappa shape index (κ1) is 37.4. The SMILES string of the molecule is CCC(C)(C)C.CCC(CCOC)c1nc2c(c(C)c1C(O)c1ccc(C(F)(F)F)cc1)C(O)CC(C)(C)C2.CS. The zero-order valence-electron chi connectivity index (χ0n) is 26.6. The number of hydrogen-bond acceptors (Lipinski definition) is 5. The number of fused-ring (bicyclic) bond motifs is 1. The van der Waals surface area contributed by atoms with Crippen LogP contribution < -0.4 is 0 Å². The molecule has 1 heterocycles. The van der Waals surface area contributed by atoms with E-state index in [1.165, 1.54) is 18.6 Å². The van der Waals surface area contributed by atoms with E-state index in [1.807, 2.05) is 13.8 Å². The Labute approximate surface area is 251 Å². The molecular weight excluding hydrogens is 547 g/mol. The summed E-state index contributed by atoms with van der Waals surface area (Å²) in [6.07, 6.45) is -0.565. The first-order valence-corrected chi connectivity index (χ1v) is 15.3. The molecule has 0 saturated carbocycles. The molecule has 2 N–H and O–H groups in total. The van der Waals surface area contributed by atoms with Gasteiger partial charge in [-0.1, -0.05) is 67.0 Å². The van der Waals surface area contributed by atoms with E-state index in [0.29, 0.717) is 42.4 Å². The van der Waals surface area contributed by atoms with Gasteiger partial charge in [-0.25, -0.2) is 0 Å². The highest BCUT2D eigenvalue weighted by Crippen LogP contribution is 2.45. The van der Waals surface area contributed by atoms with Crippen molar-refractivity contribution in [1.29, 1.82) is 0 Å². The number of alkyl halides is 3. The predicted molar refractivity (Wildman–Crippen MR) is 166 cm³/mol. The number of hydrogen-bond donors (Lipinski definition) is 3. The largest absolute Gasteiger partial charge is 0.416 e. The molecule has 1 aliphatic carbocycles. The molecule has 0 fully saturated rings. The van der Waals surface area contributed by atoms with Gasteiger partial charge in [-0.15, -0.1) is 0 Å². The number of thiol groups is 1. The van der Waals surface area contributed by atoms with E-state index >= 15 is 0 Å². The number of aliphatic hydroxyl groups is 2. The van der Waals surface area contributed by atoms with E-state index in [1.54, 1.807) is 13.4 Å². The zero-order valence-corrected chi connectivity index (χ0v) is 27.5. The third kappa shape index (κ3) is 10.6. The van der Waals surface area contributed by atoms with Crippen LogP contribution in [0.4, 0.5) is 13.2 Å². The van der Waals surface area contributed by atoms with Crippen LogP contribution >= 0.6 is 12.6 Å². The van der Waals surface area contributed by atoms with Crippen LogP contribution in [0.1, 0.15) is 131 Å². The van der Waals surface area contributed by atoms with Crippen LogP contribution in [0.3, 0.4) is 0 Å². The highest BCUT2D eigenvalue weighted by molar-refractivity contribution is 7.79. The minimum absolute atomic E-state index is 0.00947. The second-order valence-corrected chi connectivity index (χ2v) is 12.8. The van der Waals surface area contributed by atoms with Crippen molar-refractivity contribution < 1.29 is 28.1 Å². The fraction of sp³-hybridized carbons (Fsp3) is 0.667.